The lowest BCUT2D eigenvalue weighted by molar-refractivity contribution is -0.120. The van der Waals surface area contributed by atoms with Crippen LogP contribution in [0.5, 0.6) is 0 Å². The van der Waals surface area contributed by atoms with Crippen LogP contribution in [0.2, 0.25) is 0 Å². The predicted molar refractivity (Wildman–Crippen MR) is 116 cm³/mol. The zero-order chi connectivity index (χ0) is 22.5. The first-order valence-electron chi connectivity index (χ1n) is 10.3. The molecule has 2 amide bonds. The number of nitrogens with zero attached hydrogens (tertiary/aromatic N) is 3. The van der Waals surface area contributed by atoms with Gasteiger partial charge in [-0.1, -0.05) is 13.8 Å². The van der Waals surface area contributed by atoms with Crippen molar-refractivity contribution >= 4 is 27.5 Å². The number of sulfonamides is 1. The number of nitrogens with one attached hydrogen (secondary N) is 1. The molecule has 2 rings (SSSR count). The van der Waals surface area contributed by atoms with Gasteiger partial charge in [-0.3, -0.25) is 14.4 Å². The molecule has 0 saturated carbocycles. The Morgan fingerprint density at radius 1 is 1.17 bits per heavy atom. The van der Waals surface area contributed by atoms with Crippen molar-refractivity contribution in [3.05, 3.63) is 28.2 Å². The molecule has 0 unspecified atom stereocenters. The highest BCUT2D eigenvalue weighted by Gasteiger charge is 2.29. The minimum absolute atomic E-state index is 0.0619. The molecule has 1 fully saturated rings. The fourth-order valence-corrected chi connectivity index (χ4v) is 4.51. The van der Waals surface area contributed by atoms with Gasteiger partial charge in [0.05, 0.1) is 11.8 Å². The van der Waals surface area contributed by atoms with Gasteiger partial charge in [0, 0.05) is 45.3 Å². The summed E-state index contributed by atoms with van der Waals surface area (Å²) in [5, 5.41) is 2.66. The first-order valence-corrected chi connectivity index (χ1v) is 12.2. The van der Waals surface area contributed by atoms with E-state index in [4.69, 9.17) is 0 Å². The van der Waals surface area contributed by atoms with Crippen molar-refractivity contribution < 1.29 is 18.0 Å². The van der Waals surface area contributed by atoms with Gasteiger partial charge in [0.15, 0.2) is 0 Å². The van der Waals surface area contributed by atoms with Crippen molar-refractivity contribution in [1.82, 2.24) is 13.8 Å². The average Bonchev–Trinajstić information content (AvgIpc) is 2.70. The average molecular weight is 441 g/mol. The van der Waals surface area contributed by atoms with Gasteiger partial charge < -0.3 is 14.8 Å². The topological polar surface area (TPSA) is 109 Å². The van der Waals surface area contributed by atoms with Crippen molar-refractivity contribution in [2.24, 2.45) is 13.0 Å². The van der Waals surface area contributed by atoms with Crippen molar-refractivity contribution in [2.75, 3.05) is 37.8 Å². The second-order valence-electron chi connectivity index (χ2n) is 7.78. The molecule has 1 aliphatic rings. The van der Waals surface area contributed by atoms with E-state index in [2.05, 4.69) is 5.32 Å². The van der Waals surface area contributed by atoms with Gasteiger partial charge in [-0.15, -0.1) is 0 Å². The SMILES string of the molecule is CCCN(CCC)C(=O)c1cc(NC(=O)C2CCN(S(C)(=O)=O)CC2)c(=O)n(C)c1. The van der Waals surface area contributed by atoms with Crippen LogP contribution in [0, 0.1) is 5.92 Å². The Bertz CT molecular complexity index is 927. The highest BCUT2D eigenvalue weighted by molar-refractivity contribution is 7.88. The summed E-state index contributed by atoms with van der Waals surface area (Å²) in [5.41, 5.74) is 0.0130. The molecule has 168 valence electrons. The quantitative estimate of drug-likeness (QED) is 0.655. The van der Waals surface area contributed by atoms with Crippen LogP contribution in [0.1, 0.15) is 49.9 Å². The van der Waals surface area contributed by atoms with Crippen LogP contribution in [-0.4, -0.2) is 66.4 Å². The zero-order valence-electron chi connectivity index (χ0n) is 18.2. The third-order valence-corrected chi connectivity index (χ3v) is 6.56. The maximum Gasteiger partial charge on any atom is 0.274 e. The molecular weight excluding hydrogens is 408 g/mol. The molecule has 9 nitrogen and oxygen atoms in total. The molecule has 1 saturated heterocycles. The molecule has 10 heteroatoms. The van der Waals surface area contributed by atoms with E-state index in [9.17, 15) is 22.8 Å². The number of anilines is 1. The Hall–Kier alpha value is -2.20. The Morgan fingerprint density at radius 3 is 2.23 bits per heavy atom. The Morgan fingerprint density at radius 2 is 1.73 bits per heavy atom. The third kappa shape index (κ3) is 5.91. The minimum Gasteiger partial charge on any atom is -0.339 e. The minimum atomic E-state index is -3.27. The normalized spacial score (nSPS) is 15.7. The van der Waals surface area contributed by atoms with Gasteiger partial charge in [0.1, 0.15) is 5.69 Å². The number of aromatic nitrogens is 1. The number of piperidine rings is 1. The largest absolute Gasteiger partial charge is 0.339 e. The maximum atomic E-state index is 12.9. The number of rotatable bonds is 8. The lowest BCUT2D eigenvalue weighted by Crippen LogP contribution is -2.41. The summed E-state index contributed by atoms with van der Waals surface area (Å²) < 4.78 is 25.9. The number of pyridine rings is 1. The molecule has 1 aromatic rings. The first-order chi connectivity index (χ1) is 14.1. The number of hydrogen-bond donors (Lipinski definition) is 1. The van der Waals surface area contributed by atoms with Gasteiger partial charge >= 0.3 is 0 Å². The molecule has 0 aromatic carbocycles. The van der Waals surface area contributed by atoms with Gasteiger partial charge in [-0.25, -0.2) is 12.7 Å². The molecule has 30 heavy (non-hydrogen) atoms. The Balaban J connectivity index is 2.17. The van der Waals surface area contributed by atoms with E-state index in [0.29, 0.717) is 31.5 Å². The number of carbonyl (C=O) groups is 2. The number of carbonyl (C=O) groups excluding carboxylic acids is 2. The van der Waals surface area contributed by atoms with E-state index in [-0.39, 0.29) is 36.5 Å². The molecule has 0 bridgehead atoms. The Kier molecular flexibility index (Phi) is 8.19. The number of hydrogen-bond acceptors (Lipinski definition) is 5. The monoisotopic (exact) mass is 440 g/mol. The smallest absolute Gasteiger partial charge is 0.274 e. The van der Waals surface area contributed by atoms with E-state index in [0.717, 1.165) is 19.1 Å². The summed E-state index contributed by atoms with van der Waals surface area (Å²) in [6.45, 7) is 5.79. The van der Waals surface area contributed by atoms with Crippen LogP contribution in [-0.2, 0) is 21.9 Å². The fraction of sp³-hybridized carbons (Fsp3) is 0.650. The molecule has 1 aromatic heterocycles. The lowest BCUT2D eigenvalue weighted by atomic mass is 9.97. The second-order valence-corrected chi connectivity index (χ2v) is 9.76. The van der Waals surface area contributed by atoms with E-state index in [1.807, 2.05) is 13.8 Å². The van der Waals surface area contributed by atoms with Crippen molar-refractivity contribution in [3.8, 4) is 0 Å². The van der Waals surface area contributed by atoms with Gasteiger partial charge in [0.25, 0.3) is 11.5 Å². The van der Waals surface area contributed by atoms with E-state index in [1.165, 1.54) is 21.1 Å². The number of amides is 2. The van der Waals surface area contributed by atoms with Crippen molar-refractivity contribution in [1.29, 1.82) is 0 Å². The summed E-state index contributed by atoms with van der Waals surface area (Å²) in [4.78, 5) is 39.8. The molecule has 1 N–H and O–H groups in total. The van der Waals surface area contributed by atoms with E-state index in [1.54, 1.807) is 11.9 Å². The summed E-state index contributed by atoms with van der Waals surface area (Å²) >= 11 is 0. The van der Waals surface area contributed by atoms with Crippen LogP contribution >= 0.6 is 0 Å². The molecule has 0 radical (unpaired) electrons. The van der Waals surface area contributed by atoms with Crippen LogP contribution < -0.4 is 10.9 Å². The molecule has 2 heterocycles. The lowest BCUT2D eigenvalue weighted by Gasteiger charge is -2.29. The molecule has 0 atom stereocenters. The highest BCUT2D eigenvalue weighted by atomic mass is 32.2. The van der Waals surface area contributed by atoms with E-state index >= 15 is 0 Å². The number of aryl methyl sites for hydroxylation is 1. The van der Waals surface area contributed by atoms with Gasteiger partial charge in [0.2, 0.25) is 15.9 Å². The maximum absolute atomic E-state index is 12.9. The standard InChI is InChI=1S/C20H32N4O5S/c1-5-9-23(10-6-2)19(26)16-13-17(20(27)22(3)14-16)21-18(25)15-7-11-24(12-8-15)30(4,28)29/h13-15H,5-12H2,1-4H3,(H,21,25). The van der Waals surface area contributed by atoms with Crippen LogP contribution in [0.3, 0.4) is 0 Å². The molecule has 0 aliphatic carbocycles. The zero-order valence-corrected chi connectivity index (χ0v) is 19.0. The van der Waals surface area contributed by atoms with Gasteiger partial charge in [-0.2, -0.15) is 0 Å². The summed E-state index contributed by atoms with van der Waals surface area (Å²) in [6.07, 6.45) is 5.07. The predicted octanol–water partition coefficient (Wildman–Crippen LogP) is 1.26. The molecule has 0 spiro atoms. The fourth-order valence-electron chi connectivity index (χ4n) is 3.64. The summed E-state index contributed by atoms with van der Waals surface area (Å²) in [5.74, 6) is -0.890. The molecular formula is C20H32N4O5S. The molecule has 1 aliphatic heterocycles. The highest BCUT2D eigenvalue weighted by Crippen LogP contribution is 2.21. The first kappa shape index (κ1) is 24.1. The Labute approximate surface area is 178 Å². The summed E-state index contributed by atoms with van der Waals surface area (Å²) in [6, 6.07) is 1.44. The van der Waals surface area contributed by atoms with Crippen LogP contribution in [0.25, 0.3) is 0 Å². The van der Waals surface area contributed by atoms with Crippen LogP contribution in [0.15, 0.2) is 17.1 Å². The van der Waals surface area contributed by atoms with Gasteiger partial charge in [-0.05, 0) is 31.7 Å². The van der Waals surface area contributed by atoms with Crippen molar-refractivity contribution in [3.63, 3.8) is 0 Å². The van der Waals surface area contributed by atoms with Crippen LogP contribution in [0.4, 0.5) is 5.69 Å². The van der Waals surface area contributed by atoms with Crippen molar-refractivity contribution in [2.45, 2.75) is 39.5 Å². The third-order valence-electron chi connectivity index (χ3n) is 5.26. The van der Waals surface area contributed by atoms with E-state index < -0.39 is 15.6 Å². The second kappa shape index (κ2) is 10.2. The summed E-state index contributed by atoms with van der Waals surface area (Å²) in [7, 11) is -1.73.